The number of hydrogen-bond donors (Lipinski definition) is 0. The minimum Gasteiger partial charge on any atom is -0.309 e. The molecule has 0 N–H and O–H groups in total. The van der Waals surface area contributed by atoms with Crippen LogP contribution < -0.4 is 0 Å². The predicted molar refractivity (Wildman–Crippen MR) is 168 cm³/mol. The summed E-state index contributed by atoms with van der Waals surface area (Å²) < 4.78 is 2.36. The van der Waals surface area contributed by atoms with Gasteiger partial charge in [-0.15, -0.1) is 0 Å². The largest absolute Gasteiger partial charge is 0.309 e. The highest BCUT2D eigenvalue weighted by Gasteiger charge is 2.44. The van der Waals surface area contributed by atoms with Gasteiger partial charge in [0.25, 0.3) is 0 Å². The molecule has 0 spiro atoms. The van der Waals surface area contributed by atoms with Crippen molar-refractivity contribution in [2.24, 2.45) is 0 Å². The second-order valence-corrected chi connectivity index (χ2v) is 11.5. The predicted octanol–water partition coefficient (Wildman–Crippen LogP) is 9.50. The molecule has 8 rings (SSSR count). The third-order valence-corrected chi connectivity index (χ3v) is 9.52. The number of aromatic nitrogens is 1. The van der Waals surface area contributed by atoms with Crippen molar-refractivity contribution in [3.8, 4) is 11.8 Å². The van der Waals surface area contributed by atoms with Crippen LogP contribution in [-0.4, -0.2) is 4.57 Å². The van der Waals surface area contributed by atoms with Crippen LogP contribution in [0.15, 0.2) is 155 Å². The molecule has 3 heteroatoms. The zero-order chi connectivity index (χ0) is 27.4. The lowest BCUT2D eigenvalue weighted by molar-refractivity contribution is 0.703. The molecule has 1 aliphatic rings. The Kier molecular flexibility index (Phi) is 5.38. The maximum Gasteiger partial charge on any atom is 0.0991 e. The maximum absolute atomic E-state index is 9.60. The van der Waals surface area contributed by atoms with Gasteiger partial charge < -0.3 is 4.57 Å². The number of fused-ring (bicyclic) bond motifs is 5. The van der Waals surface area contributed by atoms with Crippen LogP contribution in [0, 0.1) is 11.3 Å². The summed E-state index contributed by atoms with van der Waals surface area (Å²) in [4.78, 5) is 2.50. The fraction of sp³-hybridized carbons (Fsp3) is 0.0263. The molecule has 6 aromatic carbocycles. The van der Waals surface area contributed by atoms with Gasteiger partial charge in [0.1, 0.15) is 0 Å². The molecule has 1 aliphatic heterocycles. The number of rotatable bonds is 3. The Bertz CT molecular complexity index is 2090. The minimum absolute atomic E-state index is 0.545. The van der Waals surface area contributed by atoms with Crippen LogP contribution in [0.25, 0.3) is 27.5 Å². The first-order chi connectivity index (χ1) is 20.3. The second-order valence-electron chi connectivity index (χ2n) is 10.5. The Balaban J connectivity index is 1.51. The van der Waals surface area contributed by atoms with E-state index in [0.29, 0.717) is 5.56 Å². The highest BCUT2D eigenvalue weighted by molar-refractivity contribution is 7.99. The molecule has 0 saturated carbocycles. The van der Waals surface area contributed by atoms with Crippen LogP contribution in [0.3, 0.4) is 0 Å². The maximum atomic E-state index is 9.60. The number of para-hydroxylation sites is 2. The molecule has 0 atom stereocenters. The molecule has 0 bridgehead atoms. The topological polar surface area (TPSA) is 28.7 Å². The van der Waals surface area contributed by atoms with Crippen molar-refractivity contribution in [2.45, 2.75) is 15.2 Å². The molecule has 0 saturated heterocycles. The van der Waals surface area contributed by atoms with E-state index in [1.807, 2.05) is 23.9 Å². The van der Waals surface area contributed by atoms with Crippen molar-refractivity contribution in [1.29, 1.82) is 5.26 Å². The average molecular weight is 541 g/mol. The lowest BCUT2D eigenvalue weighted by atomic mass is 9.64. The fourth-order valence-corrected chi connectivity index (χ4v) is 7.83. The number of nitriles is 1. The van der Waals surface area contributed by atoms with E-state index in [2.05, 4.69) is 144 Å². The first-order valence-electron chi connectivity index (χ1n) is 13.8. The normalized spacial score (nSPS) is 13.4. The van der Waals surface area contributed by atoms with E-state index >= 15 is 0 Å². The highest BCUT2D eigenvalue weighted by atomic mass is 32.2. The molecule has 0 aliphatic carbocycles. The molecule has 192 valence electrons. The van der Waals surface area contributed by atoms with Crippen LogP contribution in [0.5, 0.6) is 0 Å². The van der Waals surface area contributed by atoms with Gasteiger partial charge in [0, 0.05) is 26.3 Å². The van der Waals surface area contributed by atoms with Gasteiger partial charge in [-0.25, -0.2) is 0 Å². The molecule has 41 heavy (non-hydrogen) atoms. The van der Waals surface area contributed by atoms with Crippen LogP contribution in [0.1, 0.15) is 27.8 Å². The summed E-state index contributed by atoms with van der Waals surface area (Å²) in [5.41, 5.74) is 8.54. The van der Waals surface area contributed by atoms with Crippen molar-refractivity contribution in [3.63, 3.8) is 0 Å². The molecule has 7 aromatic rings. The Morgan fingerprint density at radius 2 is 1.12 bits per heavy atom. The average Bonchev–Trinajstić information content (AvgIpc) is 3.38. The molecular formula is C38H24N2S. The highest BCUT2D eigenvalue weighted by Crippen LogP contribution is 2.56. The lowest BCUT2D eigenvalue weighted by Crippen LogP contribution is -2.34. The van der Waals surface area contributed by atoms with Crippen molar-refractivity contribution in [1.82, 2.24) is 4.57 Å². The van der Waals surface area contributed by atoms with Crippen molar-refractivity contribution in [2.75, 3.05) is 0 Å². The van der Waals surface area contributed by atoms with Crippen LogP contribution >= 0.6 is 11.8 Å². The number of nitrogens with zero attached hydrogens (tertiary/aromatic N) is 2. The summed E-state index contributed by atoms with van der Waals surface area (Å²) in [6, 6.07) is 54.3. The van der Waals surface area contributed by atoms with Crippen LogP contribution in [-0.2, 0) is 5.41 Å². The smallest absolute Gasteiger partial charge is 0.0991 e. The Hall–Kier alpha value is -5.04. The monoisotopic (exact) mass is 540 g/mol. The van der Waals surface area contributed by atoms with Crippen LogP contribution in [0.4, 0.5) is 0 Å². The van der Waals surface area contributed by atoms with Gasteiger partial charge in [-0.3, -0.25) is 0 Å². The SMILES string of the molecule is N#Cc1ccc(C2(c3ccc4c(c3)c3ccccc3n4-c3ccccc3)c3ccccc3Sc3ccccc32)cc1. The Morgan fingerprint density at radius 3 is 1.83 bits per heavy atom. The van der Waals surface area contributed by atoms with E-state index in [1.165, 1.54) is 48.3 Å². The number of benzene rings is 6. The first kappa shape index (κ1) is 23.8. The molecule has 0 radical (unpaired) electrons. The summed E-state index contributed by atoms with van der Waals surface area (Å²) in [6.07, 6.45) is 0. The summed E-state index contributed by atoms with van der Waals surface area (Å²) in [5.74, 6) is 0. The standard InChI is InChI=1S/C38H24N2S/c39-25-26-18-20-27(21-19-26)38(32-13-5-8-16-36(32)41-37-17-9-6-14-33(37)38)28-22-23-35-31(24-28)30-12-4-7-15-34(30)40(35)29-10-2-1-3-11-29/h1-24H. The van der Waals surface area contributed by atoms with Crippen molar-refractivity contribution in [3.05, 3.63) is 173 Å². The zero-order valence-electron chi connectivity index (χ0n) is 22.2. The van der Waals surface area contributed by atoms with Gasteiger partial charge in [0.2, 0.25) is 0 Å². The second kappa shape index (κ2) is 9.27. The molecular weight excluding hydrogens is 516 g/mol. The Labute approximate surface area is 243 Å². The number of hydrogen-bond acceptors (Lipinski definition) is 2. The van der Waals surface area contributed by atoms with Gasteiger partial charge in [-0.05, 0) is 76.9 Å². The molecule has 1 aromatic heterocycles. The van der Waals surface area contributed by atoms with Crippen LogP contribution in [0.2, 0.25) is 0 Å². The quantitative estimate of drug-likeness (QED) is 0.223. The van der Waals surface area contributed by atoms with E-state index in [0.717, 1.165) is 11.3 Å². The summed E-state index contributed by atoms with van der Waals surface area (Å²) >= 11 is 1.83. The Morgan fingerprint density at radius 1 is 0.537 bits per heavy atom. The molecule has 0 unspecified atom stereocenters. The van der Waals surface area contributed by atoms with Gasteiger partial charge in [-0.2, -0.15) is 5.26 Å². The van der Waals surface area contributed by atoms with Gasteiger partial charge in [0.05, 0.1) is 28.1 Å². The third-order valence-electron chi connectivity index (χ3n) is 8.37. The van der Waals surface area contributed by atoms with Gasteiger partial charge in [-0.1, -0.05) is 103 Å². The third kappa shape index (κ3) is 3.45. The minimum atomic E-state index is -0.545. The lowest BCUT2D eigenvalue weighted by Gasteiger charge is -2.42. The van der Waals surface area contributed by atoms with E-state index in [-0.39, 0.29) is 0 Å². The van der Waals surface area contributed by atoms with E-state index in [9.17, 15) is 5.26 Å². The summed E-state index contributed by atoms with van der Waals surface area (Å²) in [5, 5.41) is 12.1. The fourth-order valence-electron chi connectivity index (χ4n) is 6.64. The molecule has 2 heterocycles. The van der Waals surface area contributed by atoms with Crippen molar-refractivity contribution >= 4 is 33.6 Å². The van der Waals surface area contributed by atoms with E-state index in [4.69, 9.17) is 0 Å². The van der Waals surface area contributed by atoms with Gasteiger partial charge >= 0.3 is 0 Å². The summed E-state index contributed by atoms with van der Waals surface area (Å²) in [6.45, 7) is 0. The summed E-state index contributed by atoms with van der Waals surface area (Å²) in [7, 11) is 0. The van der Waals surface area contributed by atoms with Gasteiger partial charge in [0.15, 0.2) is 0 Å². The molecule has 2 nitrogen and oxygen atoms in total. The van der Waals surface area contributed by atoms with E-state index < -0.39 is 5.41 Å². The van der Waals surface area contributed by atoms with E-state index in [1.54, 1.807) is 0 Å². The van der Waals surface area contributed by atoms with Crippen molar-refractivity contribution < 1.29 is 0 Å². The molecule has 0 amide bonds. The zero-order valence-corrected chi connectivity index (χ0v) is 23.0. The molecule has 0 fully saturated rings. The first-order valence-corrected chi connectivity index (χ1v) is 14.6.